The zero-order valence-corrected chi connectivity index (χ0v) is 19.2. The topological polar surface area (TPSA) is 127 Å². The number of halogens is 1. The fraction of sp³-hybridized carbons (Fsp3) is 0.333. The number of nitriles is 1. The van der Waals surface area contributed by atoms with Gasteiger partial charge in [0.25, 0.3) is 5.91 Å². The number of nitrogens with zero attached hydrogens (tertiary/aromatic N) is 4. The fourth-order valence-electron chi connectivity index (χ4n) is 3.22. The van der Waals surface area contributed by atoms with E-state index in [0.717, 1.165) is 11.9 Å². The first kappa shape index (κ1) is 24.7. The third kappa shape index (κ3) is 5.88. The van der Waals surface area contributed by atoms with Gasteiger partial charge in [-0.05, 0) is 50.7 Å². The zero-order valence-electron chi connectivity index (χ0n) is 19.2. The largest absolute Gasteiger partial charge is 0.391 e. The third-order valence-electron chi connectivity index (χ3n) is 5.21. The lowest BCUT2D eigenvalue weighted by molar-refractivity contribution is -0.00177. The Hall–Kier alpha value is -3.97. The summed E-state index contributed by atoms with van der Waals surface area (Å²) in [5.41, 5.74) is 1.66. The first-order valence-electron chi connectivity index (χ1n) is 10.9. The molecule has 0 aliphatic rings. The first-order chi connectivity index (χ1) is 16.2. The van der Waals surface area contributed by atoms with Crippen molar-refractivity contribution < 1.29 is 14.3 Å². The molecule has 0 aromatic carbocycles. The number of hydrogen-bond acceptors (Lipinski definition) is 7. The highest BCUT2D eigenvalue weighted by Gasteiger charge is 2.27. The van der Waals surface area contributed by atoms with Crippen LogP contribution in [0, 0.1) is 11.3 Å². The summed E-state index contributed by atoms with van der Waals surface area (Å²) in [5.74, 6) is -0.505. The normalized spacial score (nSPS) is 12.1. The minimum atomic E-state index is -1.62. The van der Waals surface area contributed by atoms with Crippen LogP contribution in [-0.2, 0) is 0 Å². The molecule has 0 unspecified atom stereocenters. The van der Waals surface area contributed by atoms with E-state index >= 15 is 0 Å². The highest BCUT2D eigenvalue weighted by Crippen LogP contribution is 2.25. The molecular formula is C24H28FN7O2. The van der Waals surface area contributed by atoms with Gasteiger partial charge in [-0.25, -0.2) is 8.91 Å². The second-order valence-electron chi connectivity index (χ2n) is 8.30. The molecule has 0 radical (unpaired) electrons. The van der Waals surface area contributed by atoms with E-state index in [1.807, 2.05) is 12.1 Å². The fourth-order valence-corrected chi connectivity index (χ4v) is 3.22. The van der Waals surface area contributed by atoms with Crippen LogP contribution in [0.25, 0.3) is 16.9 Å². The summed E-state index contributed by atoms with van der Waals surface area (Å²) >= 11 is 0. The van der Waals surface area contributed by atoms with E-state index in [9.17, 15) is 14.3 Å². The summed E-state index contributed by atoms with van der Waals surface area (Å²) in [6, 6.07) is 9.19. The minimum Gasteiger partial charge on any atom is -0.391 e. The molecule has 0 aliphatic heterocycles. The maximum Gasteiger partial charge on any atom is 0.255 e. The molecule has 3 aromatic rings. The van der Waals surface area contributed by atoms with Crippen molar-refractivity contribution in [3.8, 4) is 17.5 Å². The number of carbonyl (C=O) groups is 1. The predicted octanol–water partition coefficient (Wildman–Crippen LogP) is 2.64. The van der Waals surface area contributed by atoms with E-state index in [2.05, 4.69) is 38.7 Å². The average molecular weight is 466 g/mol. The van der Waals surface area contributed by atoms with Crippen molar-refractivity contribution in [3.63, 3.8) is 0 Å². The standard InChI is InChI=1S/C24H28FN7O2/c1-4-27-8-5-9-28-19-11-20(21-7-6-17-10-16(12-26)13-31-32(17)21)29-14-18(19)23(33)30-15-22(25)24(2,3)34/h4,6-7,10-11,13-14,22,27,34H,1,5,8-9,15H2,2-3H3,(H,28,29)(H,30,33)/t22-/m1/s1. The van der Waals surface area contributed by atoms with Crippen molar-refractivity contribution in [2.75, 3.05) is 25.0 Å². The molecule has 0 saturated heterocycles. The molecular weight excluding hydrogens is 437 g/mol. The van der Waals surface area contributed by atoms with Crippen LogP contribution >= 0.6 is 0 Å². The van der Waals surface area contributed by atoms with Gasteiger partial charge in [-0.2, -0.15) is 10.4 Å². The van der Waals surface area contributed by atoms with Gasteiger partial charge in [0.05, 0.1) is 52.1 Å². The van der Waals surface area contributed by atoms with Crippen molar-refractivity contribution in [3.05, 3.63) is 60.6 Å². The van der Waals surface area contributed by atoms with E-state index in [-0.39, 0.29) is 12.1 Å². The summed E-state index contributed by atoms with van der Waals surface area (Å²) < 4.78 is 15.8. The molecule has 34 heavy (non-hydrogen) atoms. The summed E-state index contributed by atoms with van der Waals surface area (Å²) in [5, 5.41) is 32.0. The van der Waals surface area contributed by atoms with Crippen LogP contribution in [0.15, 0.2) is 49.4 Å². The van der Waals surface area contributed by atoms with Gasteiger partial charge in [0, 0.05) is 19.3 Å². The lowest BCUT2D eigenvalue weighted by Gasteiger charge is -2.22. The molecule has 0 spiro atoms. The Bertz CT molecular complexity index is 1210. The predicted molar refractivity (Wildman–Crippen MR) is 128 cm³/mol. The highest BCUT2D eigenvalue weighted by molar-refractivity contribution is 6.00. The molecule has 3 rings (SSSR count). The second-order valence-corrected chi connectivity index (χ2v) is 8.30. The van der Waals surface area contributed by atoms with Crippen molar-refractivity contribution >= 4 is 17.1 Å². The molecule has 3 aromatic heterocycles. The number of aliphatic hydroxyl groups is 1. The molecule has 4 N–H and O–H groups in total. The Morgan fingerprint density at radius 1 is 1.35 bits per heavy atom. The smallest absolute Gasteiger partial charge is 0.255 e. The maximum absolute atomic E-state index is 14.1. The first-order valence-corrected chi connectivity index (χ1v) is 10.9. The van der Waals surface area contributed by atoms with Crippen LogP contribution < -0.4 is 16.0 Å². The summed E-state index contributed by atoms with van der Waals surface area (Å²) in [6.07, 6.45) is 3.65. The lowest BCUT2D eigenvalue weighted by Crippen LogP contribution is -2.42. The number of aromatic nitrogens is 3. The molecule has 0 saturated carbocycles. The van der Waals surface area contributed by atoms with Crippen molar-refractivity contribution in [2.24, 2.45) is 0 Å². The van der Waals surface area contributed by atoms with Crippen LogP contribution in [0.5, 0.6) is 0 Å². The Labute approximate surface area is 197 Å². The summed E-state index contributed by atoms with van der Waals surface area (Å²) in [6.45, 7) is 7.25. The highest BCUT2D eigenvalue weighted by atomic mass is 19.1. The van der Waals surface area contributed by atoms with Gasteiger partial charge < -0.3 is 21.1 Å². The van der Waals surface area contributed by atoms with Crippen molar-refractivity contribution in [2.45, 2.75) is 32.0 Å². The molecule has 0 fully saturated rings. The van der Waals surface area contributed by atoms with Crippen LogP contribution in [0.2, 0.25) is 0 Å². The number of hydrogen-bond donors (Lipinski definition) is 4. The molecule has 0 bridgehead atoms. The average Bonchev–Trinajstić information content (AvgIpc) is 3.24. The number of rotatable bonds is 11. The van der Waals surface area contributed by atoms with Crippen LogP contribution in [-0.4, -0.2) is 57.0 Å². The van der Waals surface area contributed by atoms with E-state index in [0.29, 0.717) is 35.7 Å². The molecule has 9 nitrogen and oxygen atoms in total. The zero-order chi connectivity index (χ0) is 24.7. The minimum absolute atomic E-state index is 0.254. The van der Waals surface area contributed by atoms with Gasteiger partial charge in [0.1, 0.15) is 12.2 Å². The Morgan fingerprint density at radius 3 is 2.85 bits per heavy atom. The SMILES string of the molecule is C=CNCCCNc1cc(-c2ccc3cc(C#N)cnn23)ncc1C(=O)NC[C@@H](F)C(C)(C)O. The third-order valence-corrected chi connectivity index (χ3v) is 5.21. The Balaban J connectivity index is 1.88. The van der Waals surface area contributed by atoms with Crippen molar-refractivity contribution in [1.29, 1.82) is 5.26 Å². The molecule has 178 valence electrons. The number of carbonyl (C=O) groups excluding carboxylic acids is 1. The Kier molecular flexibility index (Phi) is 7.81. The van der Waals surface area contributed by atoms with Gasteiger partial charge in [-0.15, -0.1) is 0 Å². The Morgan fingerprint density at radius 2 is 2.15 bits per heavy atom. The van der Waals surface area contributed by atoms with Gasteiger partial charge in [0.15, 0.2) is 0 Å². The van der Waals surface area contributed by atoms with Gasteiger partial charge in [0.2, 0.25) is 0 Å². The number of pyridine rings is 1. The number of nitrogens with one attached hydrogen (secondary N) is 3. The van der Waals surface area contributed by atoms with E-state index in [4.69, 9.17) is 5.26 Å². The second kappa shape index (κ2) is 10.8. The monoisotopic (exact) mass is 465 g/mol. The summed E-state index contributed by atoms with van der Waals surface area (Å²) in [7, 11) is 0. The summed E-state index contributed by atoms with van der Waals surface area (Å²) in [4.78, 5) is 17.2. The van der Waals surface area contributed by atoms with Crippen LogP contribution in [0.3, 0.4) is 0 Å². The lowest BCUT2D eigenvalue weighted by atomic mass is 10.0. The molecule has 1 atom stereocenters. The number of amides is 1. The van der Waals surface area contributed by atoms with E-state index < -0.39 is 17.7 Å². The maximum atomic E-state index is 14.1. The van der Waals surface area contributed by atoms with Crippen LogP contribution in [0.1, 0.15) is 36.2 Å². The van der Waals surface area contributed by atoms with Crippen LogP contribution in [0.4, 0.5) is 10.1 Å². The van der Waals surface area contributed by atoms with E-state index in [1.54, 1.807) is 22.8 Å². The number of fused-ring (bicyclic) bond motifs is 1. The van der Waals surface area contributed by atoms with Crippen molar-refractivity contribution in [1.82, 2.24) is 25.2 Å². The van der Waals surface area contributed by atoms with E-state index in [1.165, 1.54) is 26.2 Å². The molecule has 3 heterocycles. The van der Waals surface area contributed by atoms with Gasteiger partial charge in [-0.1, -0.05) is 6.58 Å². The van der Waals surface area contributed by atoms with Gasteiger partial charge in [-0.3, -0.25) is 9.78 Å². The molecule has 1 amide bonds. The number of alkyl halides is 1. The number of anilines is 1. The molecule has 0 aliphatic carbocycles. The van der Waals surface area contributed by atoms with Gasteiger partial charge >= 0.3 is 0 Å². The molecule has 10 heteroatoms. The quantitative estimate of drug-likeness (QED) is 0.321.